The van der Waals surface area contributed by atoms with Crippen molar-refractivity contribution in [2.45, 2.75) is 51.9 Å². The predicted molar refractivity (Wildman–Crippen MR) is 88.4 cm³/mol. The van der Waals surface area contributed by atoms with Crippen molar-refractivity contribution in [3.05, 3.63) is 29.6 Å². The third-order valence-electron chi connectivity index (χ3n) is 6.02. The highest BCUT2D eigenvalue weighted by molar-refractivity contribution is 5.29. The fourth-order valence-corrected chi connectivity index (χ4v) is 4.78. The molecule has 0 saturated heterocycles. The van der Waals surface area contributed by atoms with Gasteiger partial charge in [-0.1, -0.05) is 19.9 Å². The lowest BCUT2D eigenvalue weighted by atomic mass is 9.65. The van der Waals surface area contributed by atoms with Gasteiger partial charge in [0.25, 0.3) is 0 Å². The minimum absolute atomic E-state index is 0.709. The lowest BCUT2D eigenvalue weighted by Gasteiger charge is -2.41. The molecule has 3 rings (SSSR count). The van der Waals surface area contributed by atoms with Gasteiger partial charge in [0.1, 0.15) is 0 Å². The van der Waals surface area contributed by atoms with Gasteiger partial charge in [-0.05, 0) is 81.0 Å². The molecular formula is C19H30N2. The van der Waals surface area contributed by atoms with E-state index in [4.69, 9.17) is 4.98 Å². The number of pyridine rings is 1. The van der Waals surface area contributed by atoms with Crippen LogP contribution in [0.5, 0.6) is 0 Å². The highest BCUT2D eigenvalue weighted by Gasteiger charge is 2.39. The Morgan fingerprint density at radius 1 is 1.29 bits per heavy atom. The first-order valence-corrected chi connectivity index (χ1v) is 8.79. The summed E-state index contributed by atoms with van der Waals surface area (Å²) >= 11 is 0. The molecular weight excluding hydrogens is 256 g/mol. The van der Waals surface area contributed by atoms with Gasteiger partial charge in [-0.15, -0.1) is 0 Å². The Kier molecular flexibility index (Phi) is 4.63. The molecule has 116 valence electrons. The quantitative estimate of drug-likeness (QED) is 0.904. The molecule has 0 aliphatic heterocycles. The molecule has 2 aliphatic rings. The van der Waals surface area contributed by atoms with E-state index in [9.17, 15) is 0 Å². The zero-order valence-corrected chi connectivity index (χ0v) is 13.8. The summed E-state index contributed by atoms with van der Waals surface area (Å²) in [6.45, 7) is 5.98. The zero-order chi connectivity index (χ0) is 14.8. The van der Waals surface area contributed by atoms with Gasteiger partial charge in [0, 0.05) is 17.8 Å². The maximum Gasteiger partial charge on any atom is 0.0469 e. The Hall–Kier alpha value is -0.890. The van der Waals surface area contributed by atoms with Gasteiger partial charge in [0.15, 0.2) is 0 Å². The van der Waals surface area contributed by atoms with Crippen molar-refractivity contribution in [1.29, 1.82) is 0 Å². The topological polar surface area (TPSA) is 24.9 Å². The molecule has 1 aromatic heterocycles. The van der Waals surface area contributed by atoms with Gasteiger partial charge in [0.05, 0.1) is 0 Å². The van der Waals surface area contributed by atoms with E-state index in [1.54, 1.807) is 0 Å². The molecule has 4 unspecified atom stereocenters. The molecule has 1 saturated carbocycles. The Balaban J connectivity index is 1.82. The number of aromatic nitrogens is 1. The second-order valence-electron chi connectivity index (χ2n) is 7.49. The Morgan fingerprint density at radius 3 is 2.90 bits per heavy atom. The number of fused-ring (bicyclic) bond motifs is 1. The van der Waals surface area contributed by atoms with Crippen molar-refractivity contribution >= 4 is 0 Å². The second-order valence-corrected chi connectivity index (χ2v) is 7.49. The highest BCUT2D eigenvalue weighted by atomic mass is 14.8. The number of rotatable bonds is 4. The Bertz CT molecular complexity index is 468. The minimum Gasteiger partial charge on any atom is -0.319 e. The fourth-order valence-electron chi connectivity index (χ4n) is 4.78. The Morgan fingerprint density at radius 2 is 2.14 bits per heavy atom. The average molecular weight is 286 g/mol. The lowest BCUT2D eigenvalue weighted by molar-refractivity contribution is 0.123. The van der Waals surface area contributed by atoms with E-state index >= 15 is 0 Å². The first-order chi connectivity index (χ1) is 10.2. The molecule has 21 heavy (non-hydrogen) atoms. The SMILES string of the molecule is CNCC1CCC(C(C)C)CC1C1CCc2cccnc21. The van der Waals surface area contributed by atoms with Gasteiger partial charge >= 0.3 is 0 Å². The van der Waals surface area contributed by atoms with Crippen LogP contribution in [0.15, 0.2) is 18.3 Å². The molecule has 1 N–H and O–H groups in total. The van der Waals surface area contributed by atoms with Crippen LogP contribution in [0.4, 0.5) is 0 Å². The third-order valence-corrected chi connectivity index (χ3v) is 6.02. The standard InChI is InChI=1S/C19H30N2/c1-13(2)15-6-7-16(12-20-3)18(11-15)17-9-8-14-5-4-10-21-19(14)17/h4-5,10,13,15-18,20H,6-9,11-12H2,1-3H3. The molecule has 2 nitrogen and oxygen atoms in total. The van der Waals surface area contributed by atoms with Crippen molar-refractivity contribution in [2.24, 2.45) is 23.7 Å². The van der Waals surface area contributed by atoms with E-state index in [1.165, 1.54) is 49.9 Å². The first-order valence-electron chi connectivity index (χ1n) is 8.79. The van der Waals surface area contributed by atoms with E-state index in [2.05, 4.69) is 38.3 Å². The van der Waals surface area contributed by atoms with Crippen LogP contribution >= 0.6 is 0 Å². The van der Waals surface area contributed by atoms with E-state index < -0.39 is 0 Å². The molecule has 1 fully saturated rings. The fraction of sp³-hybridized carbons (Fsp3) is 0.737. The smallest absolute Gasteiger partial charge is 0.0469 e. The molecule has 0 radical (unpaired) electrons. The van der Waals surface area contributed by atoms with E-state index in [-0.39, 0.29) is 0 Å². The van der Waals surface area contributed by atoms with Crippen molar-refractivity contribution in [3.8, 4) is 0 Å². The highest BCUT2D eigenvalue weighted by Crippen LogP contribution is 2.48. The molecule has 1 heterocycles. The van der Waals surface area contributed by atoms with Gasteiger partial charge in [0.2, 0.25) is 0 Å². The summed E-state index contributed by atoms with van der Waals surface area (Å²) in [5.74, 6) is 4.11. The summed E-state index contributed by atoms with van der Waals surface area (Å²) in [5.41, 5.74) is 2.94. The Labute approximate surface area is 129 Å². The number of nitrogens with zero attached hydrogens (tertiary/aromatic N) is 1. The number of nitrogens with one attached hydrogen (secondary N) is 1. The summed E-state index contributed by atoms with van der Waals surface area (Å²) in [4.78, 5) is 4.76. The maximum atomic E-state index is 4.76. The monoisotopic (exact) mass is 286 g/mol. The van der Waals surface area contributed by atoms with Crippen molar-refractivity contribution < 1.29 is 0 Å². The summed E-state index contributed by atoms with van der Waals surface area (Å²) in [6.07, 6.45) is 8.78. The molecule has 2 heteroatoms. The van der Waals surface area contributed by atoms with Crippen LogP contribution in [0.1, 0.15) is 56.7 Å². The summed E-state index contributed by atoms with van der Waals surface area (Å²) < 4.78 is 0. The normalized spacial score (nSPS) is 32.4. The summed E-state index contributed by atoms with van der Waals surface area (Å²) in [5, 5.41) is 3.44. The number of hydrogen-bond donors (Lipinski definition) is 1. The molecule has 4 atom stereocenters. The maximum absolute atomic E-state index is 4.76. The van der Waals surface area contributed by atoms with Crippen molar-refractivity contribution in [2.75, 3.05) is 13.6 Å². The van der Waals surface area contributed by atoms with Gasteiger partial charge in [-0.25, -0.2) is 0 Å². The number of aryl methyl sites for hydroxylation is 1. The van der Waals surface area contributed by atoms with Crippen molar-refractivity contribution in [3.63, 3.8) is 0 Å². The number of hydrogen-bond acceptors (Lipinski definition) is 2. The molecule has 2 aliphatic carbocycles. The van der Waals surface area contributed by atoms with E-state index in [0.717, 1.165) is 23.7 Å². The van der Waals surface area contributed by atoms with E-state index in [0.29, 0.717) is 5.92 Å². The zero-order valence-electron chi connectivity index (χ0n) is 13.8. The van der Waals surface area contributed by atoms with Crippen LogP contribution in [0, 0.1) is 23.7 Å². The van der Waals surface area contributed by atoms with Crippen LogP contribution in [-0.4, -0.2) is 18.6 Å². The van der Waals surface area contributed by atoms with Gasteiger partial charge in [-0.3, -0.25) is 4.98 Å². The van der Waals surface area contributed by atoms with Crippen molar-refractivity contribution in [1.82, 2.24) is 10.3 Å². The largest absolute Gasteiger partial charge is 0.319 e. The first kappa shape index (κ1) is 15.0. The third kappa shape index (κ3) is 3.01. The van der Waals surface area contributed by atoms with Crippen LogP contribution in [0.3, 0.4) is 0 Å². The van der Waals surface area contributed by atoms with Crippen LogP contribution < -0.4 is 5.32 Å². The second kappa shape index (κ2) is 6.48. The molecule has 0 aromatic carbocycles. The molecule has 0 spiro atoms. The van der Waals surface area contributed by atoms with Gasteiger partial charge in [-0.2, -0.15) is 0 Å². The average Bonchev–Trinajstić information content (AvgIpc) is 2.91. The van der Waals surface area contributed by atoms with E-state index in [1.807, 2.05) is 6.20 Å². The molecule has 0 bridgehead atoms. The predicted octanol–water partition coefficient (Wildman–Crippen LogP) is 4.02. The van der Waals surface area contributed by atoms with Crippen LogP contribution in [0.2, 0.25) is 0 Å². The van der Waals surface area contributed by atoms with Crippen LogP contribution in [0.25, 0.3) is 0 Å². The summed E-state index contributed by atoms with van der Waals surface area (Å²) in [7, 11) is 2.10. The van der Waals surface area contributed by atoms with Crippen LogP contribution in [-0.2, 0) is 6.42 Å². The van der Waals surface area contributed by atoms with Gasteiger partial charge < -0.3 is 5.32 Å². The minimum atomic E-state index is 0.709. The summed E-state index contributed by atoms with van der Waals surface area (Å²) in [6, 6.07) is 4.39. The molecule has 1 aromatic rings. The lowest BCUT2D eigenvalue weighted by Crippen LogP contribution is -2.36. The molecule has 0 amide bonds.